The van der Waals surface area contributed by atoms with E-state index in [2.05, 4.69) is 36.8 Å². The van der Waals surface area contributed by atoms with Gasteiger partial charge in [-0.3, -0.25) is 9.56 Å². The van der Waals surface area contributed by atoms with Gasteiger partial charge in [-0.1, -0.05) is 35.9 Å². The van der Waals surface area contributed by atoms with Gasteiger partial charge in [-0.05, 0) is 36.8 Å². The molecule has 8 heteroatoms. The summed E-state index contributed by atoms with van der Waals surface area (Å²) < 4.78 is 1.97. The summed E-state index contributed by atoms with van der Waals surface area (Å²) in [5.41, 5.74) is 2.19. The maximum Gasteiger partial charge on any atom is 0.191 e. The normalized spacial score (nSPS) is 16.8. The molecule has 3 aromatic rings. The zero-order valence-electron chi connectivity index (χ0n) is 16.3. The molecule has 0 radical (unpaired) electrons. The lowest BCUT2D eigenvalue weighted by molar-refractivity contribution is 0.643. The van der Waals surface area contributed by atoms with E-state index >= 15 is 0 Å². The van der Waals surface area contributed by atoms with Gasteiger partial charge >= 0.3 is 0 Å². The third kappa shape index (κ3) is 4.68. The highest BCUT2D eigenvalue weighted by molar-refractivity contribution is 6.30. The SMILES string of the molecule is CN=C(NCc1nncn1-c1ccccc1)NC1CCN(c2cccc(Cl)c2)C1. The van der Waals surface area contributed by atoms with Gasteiger partial charge in [0.2, 0.25) is 0 Å². The molecule has 0 spiro atoms. The second-order valence-electron chi connectivity index (χ2n) is 6.93. The zero-order chi connectivity index (χ0) is 20.1. The summed E-state index contributed by atoms with van der Waals surface area (Å²) in [6, 6.07) is 18.4. The Hall–Kier alpha value is -3.06. The third-order valence-electron chi connectivity index (χ3n) is 4.99. The van der Waals surface area contributed by atoms with Crippen LogP contribution in [0.2, 0.25) is 5.02 Å². The fraction of sp³-hybridized carbons (Fsp3) is 0.286. The summed E-state index contributed by atoms with van der Waals surface area (Å²) in [6.07, 6.45) is 2.76. The summed E-state index contributed by atoms with van der Waals surface area (Å²) in [6.45, 7) is 2.41. The minimum atomic E-state index is 0.312. The van der Waals surface area contributed by atoms with E-state index in [0.717, 1.165) is 47.7 Å². The first-order chi connectivity index (χ1) is 14.2. The molecule has 2 heterocycles. The highest BCUT2D eigenvalue weighted by Crippen LogP contribution is 2.23. The van der Waals surface area contributed by atoms with Gasteiger partial charge in [0, 0.05) is 42.6 Å². The smallest absolute Gasteiger partial charge is 0.191 e. The van der Waals surface area contributed by atoms with E-state index in [1.54, 1.807) is 13.4 Å². The number of nitrogens with zero attached hydrogens (tertiary/aromatic N) is 5. The predicted molar refractivity (Wildman–Crippen MR) is 117 cm³/mol. The lowest BCUT2D eigenvalue weighted by Gasteiger charge is -2.20. The van der Waals surface area contributed by atoms with Gasteiger partial charge in [-0.2, -0.15) is 0 Å². The molecule has 2 aromatic carbocycles. The molecule has 1 saturated heterocycles. The van der Waals surface area contributed by atoms with E-state index in [9.17, 15) is 0 Å². The Labute approximate surface area is 175 Å². The number of aliphatic imine (C=N–C) groups is 1. The van der Waals surface area contributed by atoms with E-state index in [1.165, 1.54) is 0 Å². The van der Waals surface area contributed by atoms with E-state index in [1.807, 2.05) is 53.1 Å². The Kier molecular flexibility index (Phi) is 5.95. The van der Waals surface area contributed by atoms with Crippen molar-refractivity contribution in [3.8, 4) is 5.69 Å². The van der Waals surface area contributed by atoms with Gasteiger partial charge in [0.15, 0.2) is 11.8 Å². The number of hydrogen-bond acceptors (Lipinski definition) is 4. The van der Waals surface area contributed by atoms with Crippen molar-refractivity contribution in [1.82, 2.24) is 25.4 Å². The molecule has 1 atom stereocenters. The fourth-order valence-electron chi connectivity index (χ4n) is 3.52. The molecular weight excluding hydrogens is 386 g/mol. The molecule has 2 N–H and O–H groups in total. The average molecular weight is 410 g/mol. The van der Waals surface area contributed by atoms with Crippen LogP contribution in [0.1, 0.15) is 12.2 Å². The second kappa shape index (κ2) is 8.96. The fourth-order valence-corrected chi connectivity index (χ4v) is 3.70. The minimum Gasteiger partial charge on any atom is -0.369 e. The summed E-state index contributed by atoms with van der Waals surface area (Å²) >= 11 is 6.13. The van der Waals surface area contributed by atoms with Crippen molar-refractivity contribution in [2.75, 3.05) is 25.0 Å². The molecule has 29 heavy (non-hydrogen) atoms. The monoisotopic (exact) mass is 409 g/mol. The largest absolute Gasteiger partial charge is 0.369 e. The van der Waals surface area contributed by atoms with Crippen molar-refractivity contribution in [2.24, 2.45) is 4.99 Å². The number of nitrogens with one attached hydrogen (secondary N) is 2. The summed E-state index contributed by atoms with van der Waals surface area (Å²) in [5.74, 6) is 1.58. The van der Waals surface area contributed by atoms with Gasteiger partial charge in [-0.25, -0.2) is 0 Å². The number of para-hydroxylation sites is 1. The van der Waals surface area contributed by atoms with Gasteiger partial charge in [0.05, 0.1) is 6.54 Å². The van der Waals surface area contributed by atoms with Crippen LogP contribution in [0.5, 0.6) is 0 Å². The second-order valence-corrected chi connectivity index (χ2v) is 7.37. The topological polar surface area (TPSA) is 70.4 Å². The number of hydrogen-bond donors (Lipinski definition) is 2. The molecule has 1 aliphatic heterocycles. The van der Waals surface area contributed by atoms with Gasteiger partial charge in [-0.15, -0.1) is 10.2 Å². The quantitative estimate of drug-likeness (QED) is 0.501. The number of rotatable bonds is 5. The number of guanidine groups is 1. The molecule has 4 rings (SSSR count). The third-order valence-corrected chi connectivity index (χ3v) is 5.23. The van der Waals surface area contributed by atoms with Crippen LogP contribution in [0.3, 0.4) is 0 Å². The molecule has 0 aliphatic carbocycles. The first-order valence-electron chi connectivity index (χ1n) is 9.65. The van der Waals surface area contributed by atoms with E-state index in [-0.39, 0.29) is 0 Å². The first-order valence-corrected chi connectivity index (χ1v) is 10.0. The predicted octanol–water partition coefficient (Wildman–Crippen LogP) is 2.86. The van der Waals surface area contributed by atoms with Crippen LogP contribution in [0.25, 0.3) is 5.69 Å². The highest BCUT2D eigenvalue weighted by Gasteiger charge is 2.23. The Balaban J connectivity index is 1.34. The standard InChI is InChI=1S/C21H24ClN7/c1-23-21(24-13-20-27-25-15-29(20)18-7-3-2-4-8-18)26-17-10-11-28(14-17)19-9-5-6-16(22)12-19/h2-9,12,15,17H,10-11,13-14H2,1H3,(H2,23,24,26). The minimum absolute atomic E-state index is 0.312. The van der Waals surface area contributed by atoms with Crippen LogP contribution in [-0.2, 0) is 6.54 Å². The highest BCUT2D eigenvalue weighted by atomic mass is 35.5. The van der Waals surface area contributed by atoms with Crippen LogP contribution >= 0.6 is 11.6 Å². The van der Waals surface area contributed by atoms with Gasteiger partial charge in [0.1, 0.15) is 6.33 Å². The molecule has 0 bridgehead atoms. The molecule has 1 aromatic heterocycles. The number of anilines is 1. The molecule has 150 valence electrons. The molecule has 1 unspecified atom stereocenters. The Morgan fingerprint density at radius 2 is 2.00 bits per heavy atom. The van der Waals surface area contributed by atoms with Crippen molar-refractivity contribution < 1.29 is 0 Å². The Bertz CT molecular complexity index is 970. The van der Waals surface area contributed by atoms with Crippen LogP contribution in [0.15, 0.2) is 65.9 Å². The number of aromatic nitrogens is 3. The number of halogens is 1. The van der Waals surface area contributed by atoms with Crippen LogP contribution in [0, 0.1) is 0 Å². The lowest BCUT2D eigenvalue weighted by atomic mass is 10.2. The summed E-state index contributed by atoms with van der Waals surface area (Å²) in [7, 11) is 1.78. The van der Waals surface area contributed by atoms with Crippen LogP contribution < -0.4 is 15.5 Å². The molecule has 1 aliphatic rings. The summed E-state index contributed by atoms with van der Waals surface area (Å²) in [5, 5.41) is 15.9. The van der Waals surface area contributed by atoms with Crippen molar-refractivity contribution in [3.05, 3.63) is 71.8 Å². The lowest BCUT2D eigenvalue weighted by Crippen LogP contribution is -2.44. The first kappa shape index (κ1) is 19.3. The van der Waals surface area contributed by atoms with E-state index < -0.39 is 0 Å². The van der Waals surface area contributed by atoms with Crippen LogP contribution in [-0.4, -0.2) is 46.9 Å². The maximum absolute atomic E-state index is 6.13. The summed E-state index contributed by atoms with van der Waals surface area (Å²) in [4.78, 5) is 6.70. The maximum atomic E-state index is 6.13. The molecular formula is C21H24ClN7. The molecule has 7 nitrogen and oxygen atoms in total. The van der Waals surface area contributed by atoms with Crippen molar-refractivity contribution in [3.63, 3.8) is 0 Å². The zero-order valence-corrected chi connectivity index (χ0v) is 17.0. The molecule has 0 amide bonds. The van der Waals surface area contributed by atoms with E-state index in [4.69, 9.17) is 11.6 Å². The molecule has 1 fully saturated rings. The Morgan fingerprint density at radius 1 is 1.17 bits per heavy atom. The van der Waals surface area contributed by atoms with Crippen molar-refractivity contribution in [1.29, 1.82) is 0 Å². The van der Waals surface area contributed by atoms with E-state index in [0.29, 0.717) is 12.6 Å². The van der Waals surface area contributed by atoms with Gasteiger partial charge < -0.3 is 15.5 Å². The molecule has 0 saturated carbocycles. The average Bonchev–Trinajstić information content (AvgIpc) is 3.41. The van der Waals surface area contributed by atoms with Crippen molar-refractivity contribution in [2.45, 2.75) is 19.0 Å². The van der Waals surface area contributed by atoms with Crippen LogP contribution in [0.4, 0.5) is 5.69 Å². The Morgan fingerprint density at radius 3 is 2.79 bits per heavy atom. The van der Waals surface area contributed by atoms with Crippen molar-refractivity contribution >= 4 is 23.2 Å². The van der Waals surface area contributed by atoms with Gasteiger partial charge in [0.25, 0.3) is 0 Å². The number of benzene rings is 2.